The number of carboxylic acid groups (broad SMARTS) is 1. The zero-order valence-corrected chi connectivity index (χ0v) is 13.1. The van der Waals surface area contributed by atoms with Crippen LogP contribution in [0.3, 0.4) is 0 Å². The second-order valence-corrected chi connectivity index (χ2v) is 5.96. The van der Waals surface area contributed by atoms with Crippen molar-refractivity contribution in [3.05, 3.63) is 35.4 Å². The predicted molar refractivity (Wildman–Crippen MR) is 84.7 cm³/mol. The Morgan fingerprint density at radius 2 is 2.09 bits per heavy atom. The van der Waals surface area contributed by atoms with Crippen molar-refractivity contribution in [1.82, 2.24) is 10.6 Å². The lowest BCUT2D eigenvalue weighted by Gasteiger charge is -2.28. The SMILES string of the molecule is CC[C@H](C)[C@H](NC(=O)N[C@@H]1CCCc2ccccc21)C(=O)O. The van der Waals surface area contributed by atoms with Crippen molar-refractivity contribution >= 4 is 12.0 Å². The summed E-state index contributed by atoms with van der Waals surface area (Å²) in [5, 5.41) is 14.8. The lowest BCUT2D eigenvalue weighted by molar-refractivity contribution is -0.140. The molecule has 0 saturated carbocycles. The number of aliphatic carboxylic acids is 1. The van der Waals surface area contributed by atoms with Gasteiger partial charge in [0.25, 0.3) is 0 Å². The molecule has 0 fully saturated rings. The van der Waals surface area contributed by atoms with Gasteiger partial charge in [-0.3, -0.25) is 0 Å². The maximum Gasteiger partial charge on any atom is 0.326 e. The molecule has 5 nitrogen and oxygen atoms in total. The topological polar surface area (TPSA) is 78.4 Å². The molecule has 2 rings (SSSR count). The van der Waals surface area contributed by atoms with Crippen molar-refractivity contribution in [3.63, 3.8) is 0 Å². The molecular weight excluding hydrogens is 280 g/mol. The molecule has 0 bridgehead atoms. The van der Waals surface area contributed by atoms with Crippen LogP contribution in [0.1, 0.15) is 50.3 Å². The summed E-state index contributed by atoms with van der Waals surface area (Å²) in [5.41, 5.74) is 2.40. The van der Waals surface area contributed by atoms with E-state index in [1.165, 1.54) is 5.56 Å². The minimum atomic E-state index is -0.992. The number of amides is 2. The van der Waals surface area contributed by atoms with Gasteiger partial charge in [-0.05, 0) is 36.3 Å². The molecule has 5 heteroatoms. The number of carbonyl (C=O) groups excluding carboxylic acids is 1. The first kappa shape index (κ1) is 16.3. The van der Waals surface area contributed by atoms with E-state index >= 15 is 0 Å². The highest BCUT2D eigenvalue weighted by atomic mass is 16.4. The maximum absolute atomic E-state index is 12.2. The number of carboxylic acids is 1. The Labute approximate surface area is 131 Å². The van der Waals surface area contributed by atoms with Gasteiger partial charge in [0.15, 0.2) is 0 Å². The van der Waals surface area contributed by atoms with E-state index in [1.807, 2.05) is 32.0 Å². The van der Waals surface area contributed by atoms with E-state index in [0.717, 1.165) is 24.8 Å². The van der Waals surface area contributed by atoms with Gasteiger partial charge in [-0.2, -0.15) is 0 Å². The predicted octanol–water partition coefficient (Wildman–Crippen LogP) is 2.86. The molecule has 0 aliphatic heterocycles. The van der Waals surface area contributed by atoms with E-state index in [9.17, 15) is 14.7 Å². The number of fused-ring (bicyclic) bond motifs is 1. The second kappa shape index (κ2) is 7.29. The molecule has 0 radical (unpaired) electrons. The summed E-state index contributed by atoms with van der Waals surface area (Å²) in [4.78, 5) is 23.5. The molecular formula is C17H24N2O3. The van der Waals surface area contributed by atoms with Crippen molar-refractivity contribution in [2.24, 2.45) is 5.92 Å². The van der Waals surface area contributed by atoms with Crippen LogP contribution in [0.25, 0.3) is 0 Å². The van der Waals surface area contributed by atoms with Crippen LogP contribution in [0.2, 0.25) is 0 Å². The van der Waals surface area contributed by atoms with E-state index in [4.69, 9.17) is 0 Å². The molecule has 120 valence electrons. The van der Waals surface area contributed by atoms with Gasteiger partial charge in [-0.15, -0.1) is 0 Å². The fourth-order valence-corrected chi connectivity index (χ4v) is 2.93. The first-order valence-electron chi connectivity index (χ1n) is 7.90. The monoisotopic (exact) mass is 304 g/mol. The van der Waals surface area contributed by atoms with Gasteiger partial charge in [-0.1, -0.05) is 44.5 Å². The molecule has 3 atom stereocenters. The molecule has 0 heterocycles. The molecule has 0 saturated heterocycles. The van der Waals surface area contributed by atoms with Gasteiger partial charge in [0, 0.05) is 0 Å². The molecule has 1 aromatic carbocycles. The summed E-state index contributed by atoms with van der Waals surface area (Å²) < 4.78 is 0. The zero-order valence-electron chi connectivity index (χ0n) is 13.1. The summed E-state index contributed by atoms with van der Waals surface area (Å²) >= 11 is 0. The van der Waals surface area contributed by atoms with Gasteiger partial charge in [0.05, 0.1) is 6.04 Å². The van der Waals surface area contributed by atoms with E-state index in [1.54, 1.807) is 0 Å². The van der Waals surface area contributed by atoms with Crippen LogP contribution in [-0.2, 0) is 11.2 Å². The molecule has 0 aromatic heterocycles. The quantitative estimate of drug-likeness (QED) is 0.782. The van der Waals surface area contributed by atoms with Crippen molar-refractivity contribution in [2.45, 2.75) is 51.6 Å². The van der Waals surface area contributed by atoms with E-state index in [-0.39, 0.29) is 12.0 Å². The summed E-state index contributed by atoms with van der Waals surface area (Å²) in [7, 11) is 0. The Bertz CT molecular complexity index is 544. The number of nitrogens with one attached hydrogen (secondary N) is 2. The van der Waals surface area contributed by atoms with Crippen LogP contribution in [0.15, 0.2) is 24.3 Å². The fourth-order valence-electron chi connectivity index (χ4n) is 2.93. The Morgan fingerprint density at radius 3 is 2.77 bits per heavy atom. The van der Waals surface area contributed by atoms with Crippen LogP contribution in [0.5, 0.6) is 0 Å². The number of rotatable bonds is 5. The lowest BCUT2D eigenvalue weighted by atomic mass is 9.88. The number of hydrogen-bond donors (Lipinski definition) is 3. The van der Waals surface area contributed by atoms with Crippen LogP contribution in [0, 0.1) is 5.92 Å². The zero-order chi connectivity index (χ0) is 16.1. The van der Waals surface area contributed by atoms with Crippen molar-refractivity contribution < 1.29 is 14.7 Å². The number of hydrogen-bond acceptors (Lipinski definition) is 2. The average molecular weight is 304 g/mol. The smallest absolute Gasteiger partial charge is 0.326 e. The molecule has 22 heavy (non-hydrogen) atoms. The number of benzene rings is 1. The third-order valence-corrected chi connectivity index (χ3v) is 4.44. The van der Waals surface area contributed by atoms with Crippen LogP contribution >= 0.6 is 0 Å². The molecule has 3 N–H and O–H groups in total. The van der Waals surface area contributed by atoms with Crippen molar-refractivity contribution in [2.75, 3.05) is 0 Å². The third kappa shape index (κ3) is 3.78. The first-order valence-corrected chi connectivity index (χ1v) is 7.90. The normalized spacial score (nSPS) is 19.6. The van der Waals surface area contributed by atoms with E-state index in [2.05, 4.69) is 16.7 Å². The highest BCUT2D eigenvalue weighted by Crippen LogP contribution is 2.29. The first-order chi connectivity index (χ1) is 10.5. The van der Waals surface area contributed by atoms with Crippen molar-refractivity contribution in [3.8, 4) is 0 Å². The van der Waals surface area contributed by atoms with Crippen LogP contribution < -0.4 is 10.6 Å². The highest BCUT2D eigenvalue weighted by Gasteiger charge is 2.27. The summed E-state index contributed by atoms with van der Waals surface area (Å²) in [6, 6.07) is 6.78. The average Bonchev–Trinajstić information content (AvgIpc) is 2.52. The van der Waals surface area contributed by atoms with Crippen LogP contribution in [-0.4, -0.2) is 23.1 Å². The molecule has 0 spiro atoms. The Morgan fingerprint density at radius 1 is 1.36 bits per heavy atom. The van der Waals surface area contributed by atoms with E-state index < -0.39 is 18.0 Å². The van der Waals surface area contributed by atoms with E-state index in [0.29, 0.717) is 6.42 Å². The molecule has 2 amide bonds. The largest absolute Gasteiger partial charge is 0.480 e. The van der Waals surface area contributed by atoms with Gasteiger partial charge in [0.2, 0.25) is 0 Å². The maximum atomic E-state index is 12.2. The van der Waals surface area contributed by atoms with Gasteiger partial charge >= 0.3 is 12.0 Å². The second-order valence-electron chi connectivity index (χ2n) is 5.96. The molecule has 1 aliphatic rings. The summed E-state index contributed by atoms with van der Waals surface area (Å²) in [6.07, 6.45) is 3.63. The third-order valence-electron chi connectivity index (χ3n) is 4.44. The Kier molecular flexibility index (Phi) is 5.41. The standard InChI is InChI=1S/C17H24N2O3/c1-3-11(2)15(16(20)21)19-17(22)18-14-10-6-8-12-7-4-5-9-13(12)14/h4-5,7,9,11,14-15H,3,6,8,10H2,1-2H3,(H,20,21)(H2,18,19,22)/t11-,14+,15-/m0/s1. The number of carbonyl (C=O) groups is 2. The Hall–Kier alpha value is -2.04. The minimum Gasteiger partial charge on any atom is -0.480 e. The molecule has 0 unspecified atom stereocenters. The van der Waals surface area contributed by atoms with Gasteiger partial charge < -0.3 is 15.7 Å². The van der Waals surface area contributed by atoms with Crippen LogP contribution in [0.4, 0.5) is 4.79 Å². The Balaban J connectivity index is 2.02. The molecule has 1 aliphatic carbocycles. The number of aryl methyl sites for hydroxylation is 1. The lowest BCUT2D eigenvalue weighted by Crippen LogP contribution is -2.50. The summed E-state index contributed by atoms with van der Waals surface area (Å²) in [6.45, 7) is 3.74. The van der Waals surface area contributed by atoms with Crippen molar-refractivity contribution in [1.29, 1.82) is 0 Å². The summed E-state index contributed by atoms with van der Waals surface area (Å²) in [5.74, 6) is -1.10. The molecule has 1 aromatic rings. The van der Waals surface area contributed by atoms with Gasteiger partial charge in [0.1, 0.15) is 6.04 Å². The highest BCUT2D eigenvalue weighted by molar-refractivity contribution is 5.83. The minimum absolute atomic E-state index is 0.0451. The fraction of sp³-hybridized carbons (Fsp3) is 0.529. The van der Waals surface area contributed by atoms with Gasteiger partial charge in [-0.25, -0.2) is 9.59 Å². The number of urea groups is 1.